The number of hydrogen-bond donors (Lipinski definition) is 0. The van der Waals surface area contributed by atoms with Crippen molar-refractivity contribution < 1.29 is 14.3 Å². The Morgan fingerprint density at radius 3 is 1.00 bits per heavy atom. The Morgan fingerprint density at radius 1 is 0.450 bits per heavy atom. The molecule has 0 radical (unpaired) electrons. The van der Waals surface area contributed by atoms with E-state index in [0.29, 0.717) is 13.2 Å². The summed E-state index contributed by atoms with van der Waals surface area (Å²) in [7, 11) is 0. The molecule has 0 atom stereocenters. The summed E-state index contributed by atoms with van der Waals surface area (Å²) in [4.78, 5) is 17.0. The maximum absolute atomic E-state index is 12.2. The average molecular weight is 537 g/mol. The fraction of sp³-hybridized carbons (Fsp3) is 0.286. The van der Waals surface area contributed by atoms with Gasteiger partial charge in [0, 0.05) is 39.3 Å². The van der Waals surface area contributed by atoms with Crippen LogP contribution in [0.15, 0.2) is 121 Å². The molecular weight excluding hydrogens is 496 g/mol. The fourth-order valence-corrected chi connectivity index (χ4v) is 4.72. The van der Waals surface area contributed by atoms with E-state index in [4.69, 9.17) is 9.47 Å². The van der Waals surface area contributed by atoms with Crippen molar-refractivity contribution in [1.82, 2.24) is 9.80 Å². The van der Waals surface area contributed by atoms with E-state index in [1.54, 1.807) is 0 Å². The Morgan fingerprint density at radius 2 is 0.725 bits per heavy atom. The van der Waals surface area contributed by atoms with Crippen LogP contribution in [0.4, 0.5) is 4.79 Å². The Hall–Kier alpha value is -3.93. The Kier molecular flexibility index (Phi) is 12.3. The van der Waals surface area contributed by atoms with Gasteiger partial charge in [-0.15, -0.1) is 0 Å². The second-order valence-electron chi connectivity index (χ2n) is 10.0. The minimum atomic E-state index is -0.588. The summed E-state index contributed by atoms with van der Waals surface area (Å²) < 4.78 is 10.8. The molecule has 0 aromatic heterocycles. The van der Waals surface area contributed by atoms with E-state index in [9.17, 15) is 4.79 Å². The van der Waals surface area contributed by atoms with Gasteiger partial charge in [-0.3, -0.25) is 9.80 Å². The van der Waals surface area contributed by atoms with E-state index >= 15 is 0 Å². The highest BCUT2D eigenvalue weighted by Gasteiger charge is 2.11. The lowest BCUT2D eigenvalue weighted by Crippen LogP contribution is -2.26. The number of nitrogens with zero attached hydrogens (tertiary/aromatic N) is 2. The Bertz CT molecular complexity index is 1040. The molecule has 0 aliphatic heterocycles. The predicted molar refractivity (Wildman–Crippen MR) is 161 cm³/mol. The van der Waals surface area contributed by atoms with Crippen molar-refractivity contribution in [2.75, 3.05) is 26.3 Å². The molecule has 0 spiro atoms. The highest BCUT2D eigenvalue weighted by atomic mass is 16.7. The fourth-order valence-electron chi connectivity index (χ4n) is 4.72. The van der Waals surface area contributed by atoms with Crippen molar-refractivity contribution in [3.05, 3.63) is 144 Å². The Balaban J connectivity index is 1.16. The third kappa shape index (κ3) is 11.0. The summed E-state index contributed by atoms with van der Waals surface area (Å²) >= 11 is 0. The van der Waals surface area contributed by atoms with Gasteiger partial charge in [0.15, 0.2) is 0 Å². The molecule has 4 aromatic rings. The van der Waals surface area contributed by atoms with Gasteiger partial charge in [-0.1, -0.05) is 121 Å². The first kappa shape index (κ1) is 29.1. The van der Waals surface area contributed by atoms with Gasteiger partial charge in [0.25, 0.3) is 0 Å². The van der Waals surface area contributed by atoms with Crippen LogP contribution in [-0.4, -0.2) is 42.3 Å². The number of carbonyl (C=O) groups is 1. The summed E-state index contributed by atoms with van der Waals surface area (Å²) in [5.41, 5.74) is 5.08. The van der Waals surface area contributed by atoms with Crippen molar-refractivity contribution in [2.24, 2.45) is 0 Å². The van der Waals surface area contributed by atoms with Crippen LogP contribution in [0, 0.1) is 0 Å². The highest BCUT2D eigenvalue weighted by Crippen LogP contribution is 2.12. The van der Waals surface area contributed by atoms with Gasteiger partial charge in [0.1, 0.15) is 0 Å². The smallest absolute Gasteiger partial charge is 0.434 e. The molecule has 0 aliphatic carbocycles. The van der Waals surface area contributed by atoms with Crippen molar-refractivity contribution >= 4 is 6.16 Å². The van der Waals surface area contributed by atoms with E-state index in [1.807, 2.05) is 24.3 Å². The maximum Gasteiger partial charge on any atom is 0.508 e. The predicted octanol–water partition coefficient (Wildman–Crippen LogP) is 7.32. The van der Waals surface area contributed by atoms with Crippen LogP contribution in [0.1, 0.15) is 35.1 Å². The van der Waals surface area contributed by atoms with Crippen molar-refractivity contribution in [2.45, 2.75) is 39.0 Å². The van der Waals surface area contributed by atoms with Gasteiger partial charge >= 0.3 is 6.16 Å². The highest BCUT2D eigenvalue weighted by molar-refractivity contribution is 5.59. The number of benzene rings is 4. The molecule has 4 rings (SSSR count). The van der Waals surface area contributed by atoms with Gasteiger partial charge in [-0.2, -0.15) is 0 Å². The molecule has 208 valence electrons. The number of ether oxygens (including phenoxy) is 2. The second-order valence-corrected chi connectivity index (χ2v) is 10.0. The minimum Gasteiger partial charge on any atom is -0.434 e. The normalized spacial score (nSPS) is 11.1. The zero-order valence-electron chi connectivity index (χ0n) is 23.2. The first-order valence-corrected chi connectivity index (χ1v) is 14.1. The zero-order valence-corrected chi connectivity index (χ0v) is 23.2. The molecule has 4 aromatic carbocycles. The number of carbonyl (C=O) groups excluding carboxylic acids is 1. The molecule has 0 N–H and O–H groups in total. The van der Waals surface area contributed by atoms with E-state index in [0.717, 1.165) is 52.1 Å². The van der Waals surface area contributed by atoms with Crippen molar-refractivity contribution in [3.63, 3.8) is 0 Å². The van der Waals surface area contributed by atoms with Gasteiger partial charge < -0.3 is 9.47 Å². The van der Waals surface area contributed by atoms with Gasteiger partial charge in [0.05, 0.1) is 13.2 Å². The van der Waals surface area contributed by atoms with Crippen molar-refractivity contribution in [3.8, 4) is 0 Å². The van der Waals surface area contributed by atoms with Crippen LogP contribution in [0.5, 0.6) is 0 Å². The van der Waals surface area contributed by atoms with Gasteiger partial charge in [-0.05, 0) is 35.1 Å². The third-order valence-corrected chi connectivity index (χ3v) is 6.67. The van der Waals surface area contributed by atoms with Crippen LogP contribution < -0.4 is 0 Å². The summed E-state index contributed by atoms with van der Waals surface area (Å²) in [5, 5.41) is 0. The molecule has 0 fully saturated rings. The lowest BCUT2D eigenvalue weighted by Gasteiger charge is -2.23. The quantitative estimate of drug-likeness (QED) is 0.111. The molecule has 0 aliphatic rings. The average Bonchev–Trinajstić information content (AvgIpc) is 2.99. The monoisotopic (exact) mass is 536 g/mol. The summed E-state index contributed by atoms with van der Waals surface area (Å²) in [6.45, 7) is 5.73. The molecule has 5 nitrogen and oxygen atoms in total. The van der Waals surface area contributed by atoms with Gasteiger partial charge in [0.2, 0.25) is 0 Å². The second kappa shape index (κ2) is 16.9. The molecule has 40 heavy (non-hydrogen) atoms. The lowest BCUT2D eigenvalue weighted by atomic mass is 10.1. The standard InChI is InChI=1S/C35H40N2O3/c38-35(39-25-13-23-36(27-31-15-5-1-6-16-31)28-32-17-7-2-8-18-32)40-26-14-24-37(29-33-19-9-3-10-20-33)30-34-21-11-4-12-22-34/h1-12,15-22H,13-14,23-30H2. The summed E-state index contributed by atoms with van der Waals surface area (Å²) in [5.74, 6) is 0. The minimum absolute atomic E-state index is 0.340. The molecule has 0 unspecified atom stereocenters. The van der Waals surface area contributed by atoms with Crippen LogP contribution in [-0.2, 0) is 35.7 Å². The molecule has 0 amide bonds. The van der Waals surface area contributed by atoms with Gasteiger partial charge in [-0.25, -0.2) is 4.79 Å². The van der Waals surface area contributed by atoms with Crippen LogP contribution >= 0.6 is 0 Å². The largest absolute Gasteiger partial charge is 0.508 e. The van der Waals surface area contributed by atoms with Crippen LogP contribution in [0.2, 0.25) is 0 Å². The SMILES string of the molecule is O=C(OCCCN(Cc1ccccc1)Cc1ccccc1)OCCCN(Cc1ccccc1)Cc1ccccc1. The summed E-state index contributed by atoms with van der Waals surface area (Å²) in [6, 6.07) is 41.8. The van der Waals surface area contributed by atoms with Crippen LogP contribution in [0.25, 0.3) is 0 Å². The maximum atomic E-state index is 12.2. The molecule has 0 bridgehead atoms. The van der Waals surface area contributed by atoms with Crippen LogP contribution in [0.3, 0.4) is 0 Å². The van der Waals surface area contributed by atoms with E-state index < -0.39 is 6.16 Å². The molecule has 0 heterocycles. The van der Waals surface area contributed by atoms with Crippen molar-refractivity contribution in [1.29, 1.82) is 0 Å². The number of rotatable bonds is 16. The zero-order chi connectivity index (χ0) is 27.7. The molecule has 5 heteroatoms. The molecular formula is C35H40N2O3. The Labute approximate surface area is 239 Å². The first-order chi connectivity index (χ1) is 19.7. The molecule has 0 saturated heterocycles. The lowest BCUT2D eigenvalue weighted by molar-refractivity contribution is 0.0488. The van der Waals surface area contributed by atoms with E-state index in [2.05, 4.69) is 107 Å². The number of hydrogen-bond acceptors (Lipinski definition) is 5. The molecule has 0 saturated carbocycles. The van der Waals surface area contributed by atoms with E-state index in [1.165, 1.54) is 22.3 Å². The topological polar surface area (TPSA) is 42.0 Å². The first-order valence-electron chi connectivity index (χ1n) is 14.1. The van der Waals surface area contributed by atoms with E-state index in [-0.39, 0.29) is 0 Å². The summed E-state index contributed by atoms with van der Waals surface area (Å²) in [6.07, 6.45) is 0.906. The third-order valence-electron chi connectivity index (χ3n) is 6.67.